The third kappa shape index (κ3) is 3.87. The Kier molecular flexibility index (Phi) is 4.21. The molecule has 1 unspecified atom stereocenters. The van der Waals surface area contributed by atoms with Crippen molar-refractivity contribution in [3.05, 3.63) is 0 Å². The maximum Gasteiger partial charge on any atom is 0.410 e. The van der Waals surface area contributed by atoms with Gasteiger partial charge < -0.3 is 19.5 Å². The van der Waals surface area contributed by atoms with E-state index < -0.39 is 23.3 Å². The summed E-state index contributed by atoms with van der Waals surface area (Å²) in [4.78, 5) is 24.2. The summed E-state index contributed by atoms with van der Waals surface area (Å²) in [6.45, 7) is 6.09. The van der Waals surface area contributed by atoms with Gasteiger partial charge in [-0.15, -0.1) is 0 Å². The highest BCUT2D eigenvalue weighted by Crippen LogP contribution is 2.29. The van der Waals surface area contributed by atoms with Crippen LogP contribution in [0.25, 0.3) is 0 Å². The second-order valence-corrected chi connectivity index (χ2v) is 5.61. The van der Waals surface area contributed by atoms with Crippen molar-refractivity contribution in [2.45, 2.75) is 44.8 Å². The minimum atomic E-state index is -0.928. The second kappa shape index (κ2) is 5.14. The predicted octanol–water partition coefficient (Wildman–Crippen LogP) is 1.49. The number of carbonyl (C=O) groups is 2. The van der Waals surface area contributed by atoms with E-state index in [4.69, 9.17) is 14.6 Å². The molecule has 1 amide bonds. The van der Waals surface area contributed by atoms with Crippen molar-refractivity contribution in [2.24, 2.45) is 0 Å². The quantitative estimate of drug-likeness (QED) is 0.831. The molecule has 0 bridgehead atoms. The summed E-state index contributed by atoms with van der Waals surface area (Å²) in [5.74, 6) is -0.928. The zero-order valence-electron chi connectivity index (χ0n) is 11.4. The van der Waals surface area contributed by atoms with E-state index in [0.717, 1.165) is 0 Å². The zero-order valence-corrected chi connectivity index (χ0v) is 11.4. The van der Waals surface area contributed by atoms with Gasteiger partial charge in [0.2, 0.25) is 0 Å². The lowest BCUT2D eigenvalue weighted by Crippen LogP contribution is -2.41. The number of rotatable bonds is 3. The topological polar surface area (TPSA) is 76.1 Å². The number of hydrogen-bond acceptors (Lipinski definition) is 4. The summed E-state index contributed by atoms with van der Waals surface area (Å²) in [7, 11) is 1.47. The van der Waals surface area contributed by atoms with Crippen LogP contribution in [0.5, 0.6) is 0 Å². The molecule has 0 aromatic carbocycles. The van der Waals surface area contributed by atoms with Gasteiger partial charge in [-0.05, 0) is 27.2 Å². The number of amides is 1. The Hall–Kier alpha value is -1.30. The molecule has 0 aliphatic carbocycles. The average molecular weight is 259 g/mol. The van der Waals surface area contributed by atoms with Crippen LogP contribution in [-0.4, -0.2) is 53.5 Å². The molecule has 104 valence electrons. The first-order valence-electron chi connectivity index (χ1n) is 5.92. The molecule has 1 aliphatic rings. The summed E-state index contributed by atoms with van der Waals surface area (Å²) >= 11 is 0. The van der Waals surface area contributed by atoms with Crippen molar-refractivity contribution in [1.82, 2.24) is 4.90 Å². The fourth-order valence-corrected chi connectivity index (χ4v) is 1.99. The van der Waals surface area contributed by atoms with Crippen LogP contribution in [-0.2, 0) is 14.3 Å². The van der Waals surface area contributed by atoms with Crippen molar-refractivity contribution in [3.63, 3.8) is 0 Å². The Morgan fingerprint density at radius 3 is 2.44 bits per heavy atom. The van der Waals surface area contributed by atoms with Crippen LogP contribution in [0.3, 0.4) is 0 Å². The van der Waals surface area contributed by atoms with Gasteiger partial charge in [0.05, 0.1) is 18.6 Å². The van der Waals surface area contributed by atoms with E-state index in [9.17, 15) is 9.59 Å². The molecular formula is C12H21NO5. The van der Waals surface area contributed by atoms with Crippen LogP contribution in [0.15, 0.2) is 0 Å². The molecule has 1 saturated heterocycles. The average Bonchev–Trinajstić information content (AvgIpc) is 2.59. The normalized spacial score (nSPS) is 24.1. The summed E-state index contributed by atoms with van der Waals surface area (Å²) in [6, 6.07) is 0. The minimum absolute atomic E-state index is 0.108. The fraction of sp³-hybridized carbons (Fsp3) is 0.833. The Morgan fingerprint density at radius 1 is 1.39 bits per heavy atom. The molecule has 1 aliphatic heterocycles. The molecule has 0 radical (unpaired) electrons. The standard InChI is InChI=1S/C12H21NO5/c1-11(2,3)18-10(16)13-6-5-12(8-13,17-4)7-9(14)15/h5-8H2,1-4H3,(H,14,15). The van der Waals surface area contributed by atoms with E-state index in [1.807, 2.05) is 0 Å². The van der Waals surface area contributed by atoms with Gasteiger partial charge in [0.25, 0.3) is 0 Å². The predicted molar refractivity (Wildman–Crippen MR) is 64.4 cm³/mol. The number of ether oxygens (including phenoxy) is 2. The molecule has 1 heterocycles. The van der Waals surface area contributed by atoms with Crippen molar-refractivity contribution in [3.8, 4) is 0 Å². The van der Waals surface area contributed by atoms with Crippen molar-refractivity contribution in [2.75, 3.05) is 20.2 Å². The molecule has 1 fully saturated rings. The maximum atomic E-state index is 11.9. The lowest BCUT2D eigenvalue weighted by atomic mass is 9.99. The van der Waals surface area contributed by atoms with Crippen LogP contribution < -0.4 is 0 Å². The Bertz CT molecular complexity index is 336. The van der Waals surface area contributed by atoms with Gasteiger partial charge in [-0.1, -0.05) is 0 Å². The molecule has 0 aromatic rings. The van der Waals surface area contributed by atoms with Crippen molar-refractivity contribution < 1.29 is 24.2 Å². The first-order valence-corrected chi connectivity index (χ1v) is 5.92. The SMILES string of the molecule is COC1(CC(=O)O)CCN(C(=O)OC(C)(C)C)C1. The number of hydrogen-bond donors (Lipinski definition) is 1. The van der Waals surface area contributed by atoms with Gasteiger partial charge >= 0.3 is 12.1 Å². The van der Waals surface area contributed by atoms with Gasteiger partial charge in [-0.2, -0.15) is 0 Å². The van der Waals surface area contributed by atoms with E-state index in [-0.39, 0.29) is 13.0 Å². The summed E-state index contributed by atoms with van der Waals surface area (Å²) in [5.41, 5.74) is -1.34. The van der Waals surface area contributed by atoms with Crippen molar-refractivity contribution in [1.29, 1.82) is 0 Å². The van der Waals surface area contributed by atoms with E-state index >= 15 is 0 Å². The largest absolute Gasteiger partial charge is 0.481 e. The molecule has 0 aromatic heterocycles. The van der Waals surface area contributed by atoms with Gasteiger partial charge in [0, 0.05) is 13.7 Å². The highest BCUT2D eigenvalue weighted by Gasteiger charge is 2.43. The Balaban J connectivity index is 2.64. The zero-order chi connectivity index (χ0) is 14.0. The molecule has 0 saturated carbocycles. The molecule has 0 spiro atoms. The third-order valence-corrected chi connectivity index (χ3v) is 2.87. The molecule has 6 nitrogen and oxygen atoms in total. The summed E-state index contributed by atoms with van der Waals surface area (Å²) < 4.78 is 10.5. The highest BCUT2D eigenvalue weighted by atomic mass is 16.6. The minimum Gasteiger partial charge on any atom is -0.481 e. The van der Waals surface area contributed by atoms with E-state index in [1.54, 1.807) is 20.8 Å². The van der Waals surface area contributed by atoms with Gasteiger partial charge in [-0.25, -0.2) is 4.79 Å². The van der Waals surface area contributed by atoms with Gasteiger partial charge in [0.1, 0.15) is 5.60 Å². The van der Waals surface area contributed by atoms with E-state index in [2.05, 4.69) is 0 Å². The van der Waals surface area contributed by atoms with Crippen molar-refractivity contribution >= 4 is 12.1 Å². The Labute approximate surface area is 107 Å². The van der Waals surface area contributed by atoms with Crippen LogP contribution in [0.2, 0.25) is 0 Å². The van der Waals surface area contributed by atoms with Crippen LogP contribution >= 0.6 is 0 Å². The number of carboxylic acids is 1. The van der Waals surface area contributed by atoms with Crippen LogP contribution in [0, 0.1) is 0 Å². The van der Waals surface area contributed by atoms with E-state index in [0.29, 0.717) is 13.0 Å². The van der Waals surface area contributed by atoms with E-state index in [1.165, 1.54) is 12.0 Å². The lowest BCUT2D eigenvalue weighted by Gasteiger charge is -2.27. The molecule has 6 heteroatoms. The lowest BCUT2D eigenvalue weighted by molar-refractivity contribution is -0.143. The van der Waals surface area contributed by atoms with Crippen LogP contribution in [0.1, 0.15) is 33.6 Å². The van der Waals surface area contributed by atoms with Gasteiger partial charge in [0.15, 0.2) is 0 Å². The molecule has 18 heavy (non-hydrogen) atoms. The van der Waals surface area contributed by atoms with Crippen LogP contribution in [0.4, 0.5) is 4.79 Å². The Morgan fingerprint density at radius 2 is 2.00 bits per heavy atom. The molecule has 1 atom stereocenters. The number of carboxylic acid groups (broad SMARTS) is 1. The molecule has 1 N–H and O–H groups in total. The number of aliphatic carboxylic acids is 1. The number of likely N-dealkylation sites (tertiary alicyclic amines) is 1. The summed E-state index contributed by atoms with van der Waals surface area (Å²) in [6.07, 6.45) is -0.0236. The number of carbonyl (C=O) groups excluding carboxylic acids is 1. The first-order chi connectivity index (χ1) is 8.17. The van der Waals surface area contributed by atoms with Gasteiger partial charge in [-0.3, -0.25) is 4.79 Å². The fourth-order valence-electron chi connectivity index (χ4n) is 1.99. The highest BCUT2D eigenvalue weighted by molar-refractivity contribution is 5.71. The number of nitrogens with zero attached hydrogens (tertiary/aromatic N) is 1. The first kappa shape index (κ1) is 14.8. The summed E-state index contributed by atoms with van der Waals surface area (Å²) in [5, 5.41) is 8.87. The maximum absolute atomic E-state index is 11.9. The second-order valence-electron chi connectivity index (χ2n) is 5.61. The monoisotopic (exact) mass is 259 g/mol. The smallest absolute Gasteiger partial charge is 0.410 e. The molecule has 1 rings (SSSR count). The number of methoxy groups -OCH3 is 1. The third-order valence-electron chi connectivity index (χ3n) is 2.87. The molecular weight excluding hydrogens is 238 g/mol.